The Morgan fingerprint density at radius 1 is 1.07 bits per heavy atom. The molecular formula is C23H27N2O3+. The maximum absolute atomic E-state index is 13.3. The number of carbonyl (C=O) groups is 2. The Morgan fingerprint density at radius 2 is 1.75 bits per heavy atom. The number of amides is 1. The van der Waals surface area contributed by atoms with Gasteiger partial charge >= 0.3 is 0 Å². The zero-order valence-corrected chi connectivity index (χ0v) is 16.3. The SMILES string of the molecule is Cc1ccc(C(=O)C[C@]2(O)C(=O)N(C[NH+]3CCCCC3)c3ccccc32)cc1. The molecule has 2 aliphatic heterocycles. The maximum Gasteiger partial charge on any atom is 0.268 e. The first-order valence-electron chi connectivity index (χ1n) is 10.1. The van der Waals surface area contributed by atoms with Gasteiger partial charge in [-0.25, -0.2) is 0 Å². The molecule has 28 heavy (non-hydrogen) atoms. The number of Topliss-reactive ketones (excluding diaryl/α,β-unsaturated/α-hetero) is 1. The van der Waals surface area contributed by atoms with Crippen LogP contribution in [-0.2, 0) is 10.4 Å². The number of benzene rings is 2. The van der Waals surface area contributed by atoms with Crippen LogP contribution in [0.1, 0.15) is 47.2 Å². The summed E-state index contributed by atoms with van der Waals surface area (Å²) in [5.41, 5.74) is 1.05. The third kappa shape index (κ3) is 3.36. The summed E-state index contributed by atoms with van der Waals surface area (Å²) in [7, 11) is 0. The van der Waals surface area contributed by atoms with Gasteiger partial charge in [-0.1, -0.05) is 48.0 Å². The van der Waals surface area contributed by atoms with Crippen molar-refractivity contribution in [1.82, 2.24) is 0 Å². The van der Waals surface area contributed by atoms with E-state index in [0.717, 1.165) is 37.2 Å². The molecule has 0 aliphatic carbocycles. The fourth-order valence-electron chi connectivity index (χ4n) is 4.34. The molecule has 2 N–H and O–H groups in total. The van der Waals surface area contributed by atoms with Crippen molar-refractivity contribution in [2.75, 3.05) is 24.7 Å². The van der Waals surface area contributed by atoms with E-state index in [1.807, 2.05) is 37.3 Å². The lowest BCUT2D eigenvalue weighted by molar-refractivity contribution is -0.903. The summed E-state index contributed by atoms with van der Waals surface area (Å²) in [6.45, 7) is 4.57. The van der Waals surface area contributed by atoms with Crippen molar-refractivity contribution in [3.05, 3.63) is 65.2 Å². The molecule has 0 unspecified atom stereocenters. The van der Waals surface area contributed by atoms with Crippen LogP contribution < -0.4 is 9.80 Å². The highest BCUT2D eigenvalue weighted by molar-refractivity contribution is 6.10. The monoisotopic (exact) mass is 379 g/mol. The second kappa shape index (κ2) is 7.49. The highest BCUT2D eigenvalue weighted by Crippen LogP contribution is 2.42. The lowest BCUT2D eigenvalue weighted by Gasteiger charge is -2.29. The van der Waals surface area contributed by atoms with Gasteiger partial charge in [0.15, 0.2) is 18.1 Å². The molecule has 0 bridgehead atoms. The van der Waals surface area contributed by atoms with Crippen LogP contribution in [0.2, 0.25) is 0 Å². The number of para-hydroxylation sites is 1. The number of aryl methyl sites for hydroxylation is 1. The minimum atomic E-state index is -1.80. The molecule has 5 nitrogen and oxygen atoms in total. The number of aliphatic hydroxyl groups is 1. The van der Waals surface area contributed by atoms with E-state index in [4.69, 9.17) is 0 Å². The Hall–Kier alpha value is -2.50. The standard InChI is InChI=1S/C23H26N2O3/c1-17-9-11-18(12-10-17)21(26)15-23(28)19-7-3-4-8-20(19)25(22(23)27)16-24-13-5-2-6-14-24/h3-4,7-12,28H,2,5-6,13-16H2,1H3/p+1/t23-/m1/s1. The summed E-state index contributed by atoms with van der Waals surface area (Å²) >= 11 is 0. The quantitative estimate of drug-likeness (QED) is 0.779. The van der Waals surface area contributed by atoms with Crippen LogP contribution >= 0.6 is 0 Å². The predicted molar refractivity (Wildman–Crippen MR) is 107 cm³/mol. The first-order chi connectivity index (χ1) is 13.5. The molecule has 4 rings (SSSR count). The summed E-state index contributed by atoms with van der Waals surface area (Å²) in [6, 6.07) is 14.6. The topological polar surface area (TPSA) is 62.0 Å². The second-order valence-corrected chi connectivity index (χ2v) is 8.05. The lowest BCUT2D eigenvalue weighted by Crippen LogP contribution is -3.14. The number of piperidine rings is 1. The first kappa shape index (κ1) is 18.8. The number of fused-ring (bicyclic) bond motifs is 1. The lowest BCUT2D eigenvalue weighted by atomic mass is 9.88. The first-order valence-corrected chi connectivity index (χ1v) is 10.1. The molecule has 2 aliphatic rings. The Morgan fingerprint density at radius 3 is 2.46 bits per heavy atom. The average molecular weight is 379 g/mol. The van der Waals surface area contributed by atoms with E-state index in [1.54, 1.807) is 23.1 Å². The molecule has 5 heteroatoms. The number of quaternary nitrogens is 1. The van der Waals surface area contributed by atoms with E-state index in [0.29, 0.717) is 17.8 Å². The summed E-state index contributed by atoms with van der Waals surface area (Å²) < 4.78 is 0. The van der Waals surface area contributed by atoms with Crippen molar-refractivity contribution in [2.24, 2.45) is 0 Å². The van der Waals surface area contributed by atoms with Gasteiger partial charge in [0.2, 0.25) is 0 Å². The van der Waals surface area contributed by atoms with Crippen molar-refractivity contribution in [1.29, 1.82) is 0 Å². The molecule has 0 saturated carbocycles. The molecule has 2 aromatic rings. The van der Waals surface area contributed by atoms with Gasteiger partial charge in [0.1, 0.15) is 0 Å². The molecule has 1 saturated heterocycles. The number of nitrogens with one attached hydrogen (secondary N) is 1. The normalized spacial score (nSPS) is 22.4. The minimum Gasteiger partial charge on any atom is -0.375 e. The Kier molecular flexibility index (Phi) is 5.04. The van der Waals surface area contributed by atoms with Gasteiger partial charge in [0.05, 0.1) is 25.2 Å². The Balaban J connectivity index is 1.61. The average Bonchev–Trinajstić information content (AvgIpc) is 2.91. The molecule has 2 aromatic carbocycles. The van der Waals surface area contributed by atoms with Gasteiger partial charge in [0, 0.05) is 11.1 Å². The second-order valence-electron chi connectivity index (χ2n) is 8.05. The van der Waals surface area contributed by atoms with Crippen LogP contribution in [-0.4, -0.2) is 36.6 Å². The van der Waals surface area contributed by atoms with E-state index in [1.165, 1.54) is 11.3 Å². The van der Waals surface area contributed by atoms with Gasteiger partial charge < -0.3 is 10.0 Å². The van der Waals surface area contributed by atoms with Crippen molar-refractivity contribution in [3.8, 4) is 0 Å². The number of ketones is 1. The predicted octanol–water partition coefficient (Wildman–Crippen LogP) is 1.83. The van der Waals surface area contributed by atoms with Gasteiger partial charge in [-0.05, 0) is 32.3 Å². The van der Waals surface area contributed by atoms with E-state index < -0.39 is 5.60 Å². The molecule has 0 spiro atoms. The molecule has 2 heterocycles. The van der Waals surface area contributed by atoms with E-state index in [2.05, 4.69) is 0 Å². The zero-order valence-electron chi connectivity index (χ0n) is 16.3. The number of likely N-dealkylation sites (tertiary alicyclic amines) is 1. The summed E-state index contributed by atoms with van der Waals surface area (Å²) in [4.78, 5) is 29.2. The molecule has 1 atom stereocenters. The van der Waals surface area contributed by atoms with Gasteiger partial charge in [0.25, 0.3) is 5.91 Å². The van der Waals surface area contributed by atoms with E-state index in [-0.39, 0.29) is 18.1 Å². The molecule has 146 valence electrons. The van der Waals surface area contributed by atoms with Crippen molar-refractivity contribution < 1.29 is 19.6 Å². The smallest absolute Gasteiger partial charge is 0.268 e. The minimum absolute atomic E-state index is 0.224. The van der Waals surface area contributed by atoms with Crippen molar-refractivity contribution >= 4 is 17.4 Å². The number of anilines is 1. The summed E-state index contributed by atoms with van der Waals surface area (Å²) in [5, 5.41) is 11.4. The number of hydrogen-bond donors (Lipinski definition) is 2. The molecular weight excluding hydrogens is 352 g/mol. The van der Waals surface area contributed by atoms with Crippen LogP contribution in [0, 0.1) is 6.92 Å². The molecule has 1 amide bonds. The number of rotatable bonds is 5. The van der Waals surface area contributed by atoms with Crippen molar-refractivity contribution in [3.63, 3.8) is 0 Å². The third-order valence-electron chi connectivity index (χ3n) is 5.97. The number of carbonyl (C=O) groups excluding carboxylic acids is 2. The van der Waals surface area contributed by atoms with Gasteiger partial charge in [-0.2, -0.15) is 0 Å². The largest absolute Gasteiger partial charge is 0.375 e. The van der Waals surface area contributed by atoms with Crippen LogP contribution in [0.5, 0.6) is 0 Å². The van der Waals surface area contributed by atoms with Crippen LogP contribution in [0.25, 0.3) is 0 Å². The van der Waals surface area contributed by atoms with Crippen LogP contribution in [0.3, 0.4) is 0 Å². The van der Waals surface area contributed by atoms with E-state index in [9.17, 15) is 14.7 Å². The molecule has 0 radical (unpaired) electrons. The fourth-order valence-corrected chi connectivity index (χ4v) is 4.34. The fraction of sp³-hybridized carbons (Fsp3) is 0.391. The summed E-state index contributed by atoms with van der Waals surface area (Å²) in [5.74, 6) is -0.606. The Labute approximate surface area is 165 Å². The third-order valence-corrected chi connectivity index (χ3v) is 5.97. The maximum atomic E-state index is 13.3. The summed E-state index contributed by atoms with van der Waals surface area (Å²) in [6.07, 6.45) is 3.32. The number of nitrogens with zero attached hydrogens (tertiary/aromatic N) is 1. The van der Waals surface area contributed by atoms with Crippen molar-refractivity contribution in [2.45, 2.75) is 38.2 Å². The van der Waals surface area contributed by atoms with Crippen LogP contribution in [0.4, 0.5) is 5.69 Å². The van der Waals surface area contributed by atoms with E-state index >= 15 is 0 Å². The zero-order chi connectivity index (χ0) is 19.7. The molecule has 0 aromatic heterocycles. The van der Waals surface area contributed by atoms with Gasteiger partial charge in [-0.15, -0.1) is 0 Å². The Bertz CT molecular complexity index is 887. The highest BCUT2D eigenvalue weighted by atomic mass is 16.3. The van der Waals surface area contributed by atoms with Crippen LogP contribution in [0.15, 0.2) is 48.5 Å². The molecule has 1 fully saturated rings. The number of hydrogen-bond acceptors (Lipinski definition) is 3. The highest BCUT2D eigenvalue weighted by Gasteiger charge is 2.51. The van der Waals surface area contributed by atoms with Gasteiger partial charge in [-0.3, -0.25) is 14.5 Å².